The monoisotopic (exact) mass is 381 g/mol. The van der Waals surface area contributed by atoms with Crippen LogP contribution in [0, 0.1) is 0 Å². The lowest BCUT2D eigenvalue weighted by Crippen LogP contribution is -2.28. The average molecular weight is 382 g/mol. The van der Waals surface area contributed by atoms with Crippen LogP contribution in [0.25, 0.3) is 11.4 Å². The van der Waals surface area contributed by atoms with Gasteiger partial charge in [-0.05, 0) is 31.0 Å². The van der Waals surface area contributed by atoms with Crippen molar-refractivity contribution in [1.29, 1.82) is 0 Å². The molecule has 0 aliphatic rings. The zero-order valence-electron chi connectivity index (χ0n) is 15.5. The van der Waals surface area contributed by atoms with Gasteiger partial charge >= 0.3 is 0 Å². The van der Waals surface area contributed by atoms with Crippen LogP contribution in [0.3, 0.4) is 0 Å². The fourth-order valence-electron chi connectivity index (χ4n) is 2.77. The SMILES string of the molecule is CCCn1c(SCC(=O)NC(C)c2ccccc2)nnc1-c1ccncc1. The van der Waals surface area contributed by atoms with E-state index in [4.69, 9.17) is 0 Å². The smallest absolute Gasteiger partial charge is 0.230 e. The van der Waals surface area contributed by atoms with Crippen LogP contribution in [-0.4, -0.2) is 31.4 Å². The van der Waals surface area contributed by atoms with E-state index < -0.39 is 0 Å². The lowest BCUT2D eigenvalue weighted by Gasteiger charge is -2.14. The van der Waals surface area contributed by atoms with E-state index in [1.807, 2.05) is 49.4 Å². The molecular weight excluding hydrogens is 358 g/mol. The molecule has 140 valence electrons. The number of nitrogens with zero attached hydrogens (tertiary/aromatic N) is 4. The zero-order chi connectivity index (χ0) is 19.1. The highest BCUT2D eigenvalue weighted by molar-refractivity contribution is 7.99. The molecule has 0 saturated heterocycles. The molecular formula is C20H23N5OS. The molecule has 0 aliphatic heterocycles. The Labute approximate surface area is 163 Å². The van der Waals surface area contributed by atoms with Crippen molar-refractivity contribution in [2.24, 2.45) is 0 Å². The third kappa shape index (κ3) is 4.95. The first-order chi connectivity index (χ1) is 13.2. The molecule has 6 nitrogen and oxygen atoms in total. The predicted octanol–water partition coefficient (Wildman–Crippen LogP) is 3.72. The minimum Gasteiger partial charge on any atom is -0.349 e. The first-order valence-corrected chi connectivity index (χ1v) is 9.98. The zero-order valence-corrected chi connectivity index (χ0v) is 16.3. The first kappa shape index (κ1) is 19.1. The molecule has 0 fully saturated rings. The molecule has 7 heteroatoms. The van der Waals surface area contributed by atoms with Gasteiger partial charge in [0.2, 0.25) is 5.91 Å². The van der Waals surface area contributed by atoms with E-state index in [0.717, 1.165) is 35.1 Å². The summed E-state index contributed by atoms with van der Waals surface area (Å²) in [4.78, 5) is 16.4. The Morgan fingerprint density at radius 2 is 1.89 bits per heavy atom. The number of carbonyl (C=O) groups is 1. The lowest BCUT2D eigenvalue weighted by molar-refractivity contribution is -0.119. The number of hydrogen-bond acceptors (Lipinski definition) is 5. The number of thioether (sulfide) groups is 1. The van der Waals surface area contributed by atoms with Crippen LogP contribution in [0.5, 0.6) is 0 Å². The Balaban J connectivity index is 1.65. The number of carbonyl (C=O) groups excluding carboxylic acids is 1. The summed E-state index contributed by atoms with van der Waals surface area (Å²) in [5, 5.41) is 12.4. The molecule has 1 atom stereocenters. The van der Waals surface area contributed by atoms with Crippen LogP contribution in [0.15, 0.2) is 60.0 Å². The van der Waals surface area contributed by atoms with Crippen LogP contribution in [-0.2, 0) is 11.3 Å². The van der Waals surface area contributed by atoms with Gasteiger partial charge in [0.25, 0.3) is 0 Å². The van der Waals surface area contributed by atoms with E-state index in [1.165, 1.54) is 11.8 Å². The Kier molecular flexibility index (Phi) is 6.59. The van der Waals surface area contributed by atoms with E-state index in [9.17, 15) is 4.79 Å². The van der Waals surface area contributed by atoms with E-state index in [2.05, 4.69) is 32.0 Å². The van der Waals surface area contributed by atoms with Gasteiger partial charge in [-0.1, -0.05) is 49.0 Å². The van der Waals surface area contributed by atoms with Crippen molar-refractivity contribution in [1.82, 2.24) is 25.1 Å². The Morgan fingerprint density at radius 1 is 1.15 bits per heavy atom. The van der Waals surface area contributed by atoms with Crippen molar-refractivity contribution in [3.63, 3.8) is 0 Å². The topological polar surface area (TPSA) is 72.7 Å². The summed E-state index contributed by atoms with van der Waals surface area (Å²) in [5.74, 6) is 1.09. The van der Waals surface area contributed by atoms with Crippen LogP contribution >= 0.6 is 11.8 Å². The third-order valence-corrected chi connectivity index (χ3v) is 5.08. The van der Waals surface area contributed by atoms with Crippen molar-refractivity contribution in [3.05, 3.63) is 60.4 Å². The highest BCUT2D eigenvalue weighted by Gasteiger charge is 2.16. The molecule has 0 saturated carbocycles. The molecule has 1 aromatic carbocycles. The predicted molar refractivity (Wildman–Crippen MR) is 107 cm³/mol. The summed E-state index contributed by atoms with van der Waals surface area (Å²) in [6, 6.07) is 13.7. The van der Waals surface area contributed by atoms with Crippen molar-refractivity contribution in [2.45, 2.75) is 38.0 Å². The van der Waals surface area contributed by atoms with Gasteiger partial charge in [0.15, 0.2) is 11.0 Å². The van der Waals surface area contributed by atoms with Crippen molar-refractivity contribution < 1.29 is 4.79 Å². The Hall–Kier alpha value is -2.67. The standard InChI is InChI=1S/C20H23N5OS/c1-3-13-25-19(17-9-11-21-12-10-17)23-24-20(25)27-14-18(26)22-15(2)16-7-5-4-6-8-16/h4-12,15H,3,13-14H2,1-2H3,(H,22,26). The van der Waals surface area contributed by atoms with Crippen LogP contribution < -0.4 is 5.32 Å². The minimum atomic E-state index is -0.0276. The summed E-state index contributed by atoms with van der Waals surface area (Å²) >= 11 is 1.41. The number of benzene rings is 1. The number of nitrogens with one attached hydrogen (secondary N) is 1. The van der Waals surface area contributed by atoms with Gasteiger partial charge in [-0.25, -0.2) is 0 Å². The molecule has 2 heterocycles. The number of aromatic nitrogens is 4. The Morgan fingerprint density at radius 3 is 2.59 bits per heavy atom. The van der Waals surface area contributed by atoms with Gasteiger partial charge in [0.1, 0.15) is 0 Å². The second kappa shape index (κ2) is 9.32. The van der Waals surface area contributed by atoms with Gasteiger partial charge in [-0.3, -0.25) is 9.78 Å². The van der Waals surface area contributed by atoms with Gasteiger partial charge in [-0.15, -0.1) is 10.2 Å². The van der Waals surface area contributed by atoms with E-state index in [0.29, 0.717) is 5.75 Å². The molecule has 1 N–H and O–H groups in total. The summed E-state index contributed by atoms with van der Waals surface area (Å²) in [5.41, 5.74) is 2.06. The fourth-order valence-corrected chi connectivity index (χ4v) is 3.55. The van der Waals surface area contributed by atoms with E-state index in [1.54, 1.807) is 12.4 Å². The molecule has 2 aromatic heterocycles. The fraction of sp³-hybridized carbons (Fsp3) is 0.300. The summed E-state index contributed by atoms with van der Waals surface area (Å²) < 4.78 is 2.06. The van der Waals surface area contributed by atoms with Crippen LogP contribution in [0.1, 0.15) is 31.9 Å². The van der Waals surface area contributed by atoms with Gasteiger partial charge < -0.3 is 9.88 Å². The maximum atomic E-state index is 12.3. The molecule has 0 aliphatic carbocycles. The molecule has 3 rings (SSSR count). The molecule has 3 aromatic rings. The summed E-state index contributed by atoms with van der Waals surface area (Å²) in [7, 11) is 0. The highest BCUT2D eigenvalue weighted by Crippen LogP contribution is 2.24. The number of hydrogen-bond donors (Lipinski definition) is 1. The van der Waals surface area contributed by atoms with Gasteiger partial charge in [0, 0.05) is 24.5 Å². The third-order valence-electron chi connectivity index (χ3n) is 4.11. The van der Waals surface area contributed by atoms with Crippen molar-refractivity contribution in [3.8, 4) is 11.4 Å². The van der Waals surface area contributed by atoms with E-state index in [-0.39, 0.29) is 11.9 Å². The number of rotatable bonds is 8. The highest BCUT2D eigenvalue weighted by atomic mass is 32.2. The van der Waals surface area contributed by atoms with E-state index >= 15 is 0 Å². The molecule has 0 spiro atoms. The molecule has 0 radical (unpaired) electrons. The largest absolute Gasteiger partial charge is 0.349 e. The quantitative estimate of drug-likeness (QED) is 0.602. The van der Waals surface area contributed by atoms with Crippen molar-refractivity contribution in [2.75, 3.05) is 5.75 Å². The average Bonchev–Trinajstić information content (AvgIpc) is 3.10. The lowest BCUT2D eigenvalue weighted by atomic mass is 10.1. The van der Waals surface area contributed by atoms with Crippen molar-refractivity contribution >= 4 is 17.7 Å². The van der Waals surface area contributed by atoms with Crippen LogP contribution in [0.2, 0.25) is 0 Å². The normalized spacial score (nSPS) is 11.9. The molecule has 1 amide bonds. The maximum Gasteiger partial charge on any atom is 0.230 e. The summed E-state index contributed by atoms with van der Waals surface area (Å²) in [6.45, 7) is 4.90. The van der Waals surface area contributed by atoms with Crippen LogP contribution in [0.4, 0.5) is 0 Å². The summed E-state index contributed by atoms with van der Waals surface area (Å²) in [6.07, 6.45) is 4.44. The maximum absolute atomic E-state index is 12.3. The second-order valence-electron chi connectivity index (χ2n) is 6.18. The molecule has 1 unspecified atom stereocenters. The molecule has 0 bridgehead atoms. The Bertz CT molecular complexity index is 867. The number of pyridine rings is 1. The first-order valence-electron chi connectivity index (χ1n) is 8.99. The minimum absolute atomic E-state index is 0.0205. The van der Waals surface area contributed by atoms with Gasteiger partial charge in [0.05, 0.1) is 11.8 Å². The number of amides is 1. The molecule has 27 heavy (non-hydrogen) atoms. The second-order valence-corrected chi connectivity index (χ2v) is 7.12. The van der Waals surface area contributed by atoms with Gasteiger partial charge in [-0.2, -0.15) is 0 Å².